The van der Waals surface area contributed by atoms with Crippen LogP contribution in [0.3, 0.4) is 0 Å². The van der Waals surface area contributed by atoms with Gasteiger partial charge in [-0.3, -0.25) is 4.79 Å². The van der Waals surface area contributed by atoms with E-state index in [4.69, 9.17) is 0 Å². The number of phenolic OH excluding ortho intramolecular Hbond substituents is 1. The molecule has 2 aromatic heterocycles. The summed E-state index contributed by atoms with van der Waals surface area (Å²) in [6.45, 7) is 5.87. The molecule has 1 radical (unpaired) electrons. The SMILES string of the molecule is CCN(CC)c1ccc(C=O)c(O)c1.[Ir].[c-]1ccc2ccccc2c1-n1nc2ccccc2n1.[c-]1ccc2ccccc2c1-n1nc2ccccc2n1. The van der Waals surface area contributed by atoms with E-state index in [1.807, 2.05) is 117 Å². The Hall–Kier alpha value is -6.22. The first-order valence-electron chi connectivity index (χ1n) is 17.0. The minimum atomic E-state index is 0. The number of hydrogen-bond acceptors (Lipinski definition) is 7. The molecule has 9 rings (SSSR count). The number of nitrogens with zero attached hydrogens (tertiary/aromatic N) is 7. The second-order valence-electron chi connectivity index (χ2n) is 11.8. The summed E-state index contributed by atoms with van der Waals surface area (Å²) >= 11 is 0. The first-order valence-corrected chi connectivity index (χ1v) is 17.0. The molecule has 9 nitrogen and oxygen atoms in total. The predicted octanol–water partition coefficient (Wildman–Crippen LogP) is 8.80. The van der Waals surface area contributed by atoms with Crippen LogP contribution >= 0.6 is 0 Å². The van der Waals surface area contributed by atoms with Crippen molar-refractivity contribution in [3.8, 4) is 17.1 Å². The fourth-order valence-corrected chi connectivity index (χ4v) is 5.96. The van der Waals surface area contributed by atoms with Gasteiger partial charge in [-0.1, -0.05) is 60.7 Å². The Morgan fingerprint density at radius 1 is 0.604 bits per heavy atom. The number of benzene rings is 7. The zero-order valence-corrected chi connectivity index (χ0v) is 31.5. The van der Waals surface area contributed by atoms with E-state index in [-0.39, 0.29) is 25.9 Å². The normalized spacial score (nSPS) is 10.6. The van der Waals surface area contributed by atoms with Crippen LogP contribution in [-0.2, 0) is 20.1 Å². The number of aldehydes is 1. The molecule has 0 fully saturated rings. The minimum Gasteiger partial charge on any atom is -0.507 e. The third-order valence-electron chi connectivity index (χ3n) is 8.64. The van der Waals surface area contributed by atoms with Gasteiger partial charge in [0.15, 0.2) is 6.29 Å². The van der Waals surface area contributed by atoms with E-state index in [0.29, 0.717) is 11.8 Å². The van der Waals surface area contributed by atoms with Crippen molar-refractivity contribution in [2.24, 2.45) is 0 Å². The molecule has 2 heterocycles. The van der Waals surface area contributed by atoms with E-state index in [0.717, 1.165) is 73.8 Å². The number of hydrogen-bond donors (Lipinski definition) is 1. The first-order chi connectivity index (χ1) is 25.6. The molecule has 0 aliphatic rings. The number of aromatic nitrogens is 6. The second-order valence-corrected chi connectivity index (χ2v) is 11.8. The molecule has 0 saturated carbocycles. The number of carbonyl (C=O) groups excluding carboxylic acids is 1. The van der Waals surface area contributed by atoms with Crippen molar-refractivity contribution in [3.63, 3.8) is 0 Å². The summed E-state index contributed by atoms with van der Waals surface area (Å²) in [4.78, 5) is 15.9. The second kappa shape index (κ2) is 16.9. The molecule has 0 spiro atoms. The standard InChI is InChI=1S/2C16H10N3.C11H15NO2.Ir/c2*1-2-8-13-12(6-1)7-5-11-16(13)19-17-14-9-3-4-10-15(14)18-19;1-3-12(4-2)10-6-5-9(8-13)11(14)7-10;/h2*1-10H;5-8,14H,3-4H2,1-2H3;/q2*-1;;. The van der Waals surface area contributed by atoms with Gasteiger partial charge in [-0.25, -0.2) is 0 Å². The van der Waals surface area contributed by atoms with Crippen molar-refractivity contribution in [3.05, 3.63) is 157 Å². The van der Waals surface area contributed by atoms with Gasteiger partial charge >= 0.3 is 0 Å². The third-order valence-corrected chi connectivity index (χ3v) is 8.64. The smallest absolute Gasteiger partial charge is 0.153 e. The van der Waals surface area contributed by atoms with E-state index in [2.05, 4.69) is 61.7 Å². The molecule has 7 aromatic carbocycles. The average Bonchev–Trinajstić information content (AvgIpc) is 3.84. The van der Waals surface area contributed by atoms with Crippen molar-refractivity contribution in [2.75, 3.05) is 18.0 Å². The number of aromatic hydroxyl groups is 1. The van der Waals surface area contributed by atoms with Crippen LogP contribution in [0.15, 0.2) is 140 Å². The zero-order chi connectivity index (χ0) is 35.9. The average molecular weight is 874 g/mol. The summed E-state index contributed by atoms with van der Waals surface area (Å²) in [5.74, 6) is 0.0457. The quantitative estimate of drug-likeness (QED) is 0.132. The molecule has 0 amide bonds. The largest absolute Gasteiger partial charge is 0.507 e. The van der Waals surface area contributed by atoms with Gasteiger partial charge in [0.2, 0.25) is 0 Å². The number of anilines is 1. The topological polar surface area (TPSA) is 102 Å². The Morgan fingerprint density at radius 2 is 1.02 bits per heavy atom. The van der Waals surface area contributed by atoms with Gasteiger partial charge in [0, 0.05) is 44.9 Å². The first kappa shape index (κ1) is 36.6. The van der Waals surface area contributed by atoms with Crippen molar-refractivity contribution in [1.82, 2.24) is 30.0 Å². The van der Waals surface area contributed by atoms with Crippen LogP contribution in [0.4, 0.5) is 5.69 Å². The molecule has 265 valence electrons. The molecule has 0 aliphatic heterocycles. The summed E-state index contributed by atoms with van der Waals surface area (Å²) in [6, 6.07) is 51.5. The third kappa shape index (κ3) is 7.99. The molecule has 53 heavy (non-hydrogen) atoms. The molecule has 0 atom stereocenters. The van der Waals surface area contributed by atoms with Crippen molar-refractivity contribution < 1.29 is 30.0 Å². The van der Waals surface area contributed by atoms with Gasteiger partial charge in [-0.2, -0.15) is 66.4 Å². The van der Waals surface area contributed by atoms with Crippen LogP contribution < -0.4 is 4.90 Å². The van der Waals surface area contributed by atoms with E-state index in [9.17, 15) is 9.90 Å². The molecule has 0 saturated heterocycles. The van der Waals surface area contributed by atoms with Gasteiger partial charge in [-0.15, -0.1) is 33.7 Å². The molecule has 0 unspecified atom stereocenters. The number of fused-ring (bicyclic) bond motifs is 4. The monoisotopic (exact) mass is 874 g/mol. The van der Waals surface area contributed by atoms with Crippen LogP contribution in [0.5, 0.6) is 5.75 Å². The number of carbonyl (C=O) groups is 1. The van der Waals surface area contributed by atoms with Gasteiger partial charge in [0.25, 0.3) is 0 Å². The Morgan fingerprint density at radius 3 is 1.42 bits per heavy atom. The van der Waals surface area contributed by atoms with Crippen LogP contribution in [0.25, 0.3) is 55.0 Å². The molecular formula is C43H35IrN7O2-2. The molecule has 0 bridgehead atoms. The van der Waals surface area contributed by atoms with Crippen molar-refractivity contribution in [1.29, 1.82) is 0 Å². The van der Waals surface area contributed by atoms with Crippen LogP contribution in [0.1, 0.15) is 24.2 Å². The zero-order valence-electron chi connectivity index (χ0n) is 29.1. The van der Waals surface area contributed by atoms with Crippen molar-refractivity contribution in [2.45, 2.75) is 13.8 Å². The Bertz CT molecular complexity index is 2400. The molecule has 1 N–H and O–H groups in total. The van der Waals surface area contributed by atoms with Crippen molar-refractivity contribution >= 4 is 55.6 Å². The summed E-state index contributed by atoms with van der Waals surface area (Å²) < 4.78 is 0. The fourth-order valence-electron chi connectivity index (χ4n) is 5.96. The summed E-state index contributed by atoms with van der Waals surface area (Å²) in [5.41, 5.74) is 6.61. The van der Waals surface area contributed by atoms with Crippen LogP contribution in [0, 0.1) is 12.1 Å². The minimum absolute atomic E-state index is 0. The number of rotatable bonds is 6. The van der Waals surface area contributed by atoms with Crippen LogP contribution in [-0.4, -0.2) is 54.5 Å². The van der Waals surface area contributed by atoms with Gasteiger partial charge < -0.3 is 10.0 Å². The van der Waals surface area contributed by atoms with Gasteiger partial charge in [0.05, 0.1) is 5.56 Å². The van der Waals surface area contributed by atoms with E-state index in [1.165, 1.54) is 0 Å². The van der Waals surface area contributed by atoms with E-state index >= 15 is 0 Å². The van der Waals surface area contributed by atoms with E-state index < -0.39 is 0 Å². The molecule has 9 aromatic rings. The fraction of sp³-hybridized carbons (Fsp3) is 0.0930. The maximum absolute atomic E-state index is 10.5. The van der Waals surface area contributed by atoms with Gasteiger partial charge in [-0.05, 0) is 61.6 Å². The molecule has 0 aliphatic carbocycles. The van der Waals surface area contributed by atoms with E-state index in [1.54, 1.807) is 21.7 Å². The maximum atomic E-state index is 10.5. The van der Waals surface area contributed by atoms with Gasteiger partial charge in [0.1, 0.15) is 27.8 Å². The summed E-state index contributed by atoms with van der Waals surface area (Å²) in [5, 5.41) is 32.0. The van der Waals surface area contributed by atoms with Crippen LogP contribution in [0.2, 0.25) is 0 Å². The Labute approximate surface area is 320 Å². The molecule has 10 heteroatoms. The Kier molecular flexibility index (Phi) is 11.6. The maximum Gasteiger partial charge on any atom is 0.153 e. The summed E-state index contributed by atoms with van der Waals surface area (Å²) in [6.07, 6.45) is 0.654. The number of phenols is 1. The Balaban J connectivity index is 0.000000137. The predicted molar refractivity (Wildman–Crippen MR) is 207 cm³/mol. The molecular weight excluding hydrogens is 839 g/mol. The summed E-state index contributed by atoms with van der Waals surface area (Å²) in [7, 11) is 0.